The van der Waals surface area contributed by atoms with Crippen LogP contribution in [0.1, 0.15) is 23.9 Å². The lowest BCUT2D eigenvalue weighted by Gasteiger charge is -2.55. The Morgan fingerprint density at radius 3 is 2.68 bits per heavy atom. The lowest BCUT2D eigenvalue weighted by molar-refractivity contribution is -0.134. The number of ether oxygens (including phenoxy) is 2. The zero-order valence-corrected chi connectivity index (χ0v) is 21.9. The van der Waals surface area contributed by atoms with Crippen molar-refractivity contribution < 1.29 is 9.47 Å². The number of pyridine rings is 2. The van der Waals surface area contributed by atoms with Crippen molar-refractivity contribution in [3.8, 4) is 6.07 Å². The van der Waals surface area contributed by atoms with Crippen molar-refractivity contribution in [3.05, 3.63) is 59.5 Å². The molecule has 3 saturated heterocycles. The van der Waals surface area contributed by atoms with Gasteiger partial charge in [0.25, 0.3) is 0 Å². The van der Waals surface area contributed by atoms with Crippen molar-refractivity contribution >= 4 is 22.3 Å². The fourth-order valence-electron chi connectivity index (χ4n) is 6.25. The molecule has 0 amide bonds. The number of nitrogens with zero attached hydrogens (tertiary/aromatic N) is 6. The van der Waals surface area contributed by atoms with Crippen LogP contribution in [0.15, 0.2) is 42.6 Å². The van der Waals surface area contributed by atoms with E-state index in [-0.39, 0.29) is 17.8 Å². The molecule has 3 fully saturated rings. The third-order valence-electron chi connectivity index (χ3n) is 7.71. The number of morpholine rings is 2. The summed E-state index contributed by atoms with van der Waals surface area (Å²) < 4.78 is 12.8. The molecule has 1 aromatic carbocycles. The van der Waals surface area contributed by atoms with Crippen molar-refractivity contribution in [2.24, 2.45) is 0 Å². The Morgan fingerprint density at radius 2 is 1.89 bits per heavy atom. The molecule has 8 nitrogen and oxygen atoms in total. The molecule has 3 aromatic rings. The Hall–Kier alpha value is -3.25. The average molecular weight is 499 g/mol. The molecule has 3 aliphatic rings. The molecule has 0 aliphatic carbocycles. The number of anilines is 2. The first-order chi connectivity index (χ1) is 17.9. The highest BCUT2D eigenvalue weighted by atomic mass is 16.5. The van der Waals surface area contributed by atoms with Gasteiger partial charge in [-0.1, -0.05) is 0 Å². The van der Waals surface area contributed by atoms with Crippen LogP contribution in [0, 0.1) is 25.2 Å². The van der Waals surface area contributed by atoms with E-state index >= 15 is 0 Å². The van der Waals surface area contributed by atoms with E-state index in [2.05, 4.69) is 75.8 Å². The summed E-state index contributed by atoms with van der Waals surface area (Å²) in [4.78, 5) is 16.3. The maximum absolute atomic E-state index is 9.53. The number of rotatable bonds is 4. The first kappa shape index (κ1) is 24.1. The number of fused-ring (bicyclic) bond motifs is 1. The molecule has 0 bridgehead atoms. The van der Waals surface area contributed by atoms with E-state index in [9.17, 15) is 5.26 Å². The summed E-state index contributed by atoms with van der Waals surface area (Å²) in [5.74, 6) is 0. The molecule has 0 unspecified atom stereocenters. The highest BCUT2D eigenvalue weighted by Gasteiger charge is 2.48. The molecule has 0 N–H and O–H groups in total. The van der Waals surface area contributed by atoms with Crippen LogP contribution in [0.5, 0.6) is 0 Å². The van der Waals surface area contributed by atoms with Gasteiger partial charge in [-0.2, -0.15) is 5.26 Å². The van der Waals surface area contributed by atoms with E-state index in [0.717, 1.165) is 80.4 Å². The molecule has 37 heavy (non-hydrogen) atoms. The van der Waals surface area contributed by atoms with Gasteiger partial charge in [-0.05, 0) is 57.2 Å². The highest BCUT2D eigenvalue weighted by molar-refractivity contribution is 5.95. The van der Waals surface area contributed by atoms with Crippen LogP contribution in [0.4, 0.5) is 11.4 Å². The van der Waals surface area contributed by atoms with Gasteiger partial charge in [0.15, 0.2) is 0 Å². The van der Waals surface area contributed by atoms with E-state index in [0.29, 0.717) is 5.56 Å². The third kappa shape index (κ3) is 4.75. The van der Waals surface area contributed by atoms with E-state index in [1.54, 1.807) is 6.20 Å². The van der Waals surface area contributed by atoms with Gasteiger partial charge < -0.3 is 19.3 Å². The lowest BCUT2D eigenvalue weighted by Crippen LogP contribution is -2.71. The molecular formula is C29H34N6O2. The van der Waals surface area contributed by atoms with Crippen molar-refractivity contribution in [1.82, 2.24) is 14.9 Å². The number of aromatic nitrogens is 2. The van der Waals surface area contributed by atoms with Gasteiger partial charge in [-0.15, -0.1) is 0 Å². The minimum atomic E-state index is -0.113. The Morgan fingerprint density at radius 1 is 1.08 bits per heavy atom. The highest BCUT2D eigenvalue weighted by Crippen LogP contribution is 2.35. The number of nitriles is 1. The molecular weight excluding hydrogens is 464 g/mol. The fraction of sp³-hybridized carbons (Fsp3) is 0.483. The van der Waals surface area contributed by atoms with Crippen LogP contribution >= 0.6 is 0 Å². The summed E-state index contributed by atoms with van der Waals surface area (Å²) in [6.45, 7) is 13.2. The average Bonchev–Trinajstić information content (AvgIpc) is 2.85. The molecule has 2 atom stereocenters. The lowest BCUT2D eigenvalue weighted by atomic mass is 9.90. The van der Waals surface area contributed by atoms with E-state index in [4.69, 9.17) is 9.47 Å². The number of hydrogen-bond donors (Lipinski definition) is 0. The van der Waals surface area contributed by atoms with Gasteiger partial charge in [-0.25, -0.2) is 0 Å². The summed E-state index contributed by atoms with van der Waals surface area (Å²) >= 11 is 0. The van der Waals surface area contributed by atoms with Crippen molar-refractivity contribution in [1.29, 1.82) is 5.26 Å². The molecule has 192 valence electrons. The SMILES string of the molecule is Cc1cc(N2CC3(CN(C[C@H]4CN(c5ccc(C#N)c6ncccc56)C[C@@H](C)O4)CCO3)C2)cc(C)n1. The van der Waals surface area contributed by atoms with Crippen LogP contribution in [0.25, 0.3) is 10.9 Å². The first-order valence-electron chi connectivity index (χ1n) is 13.2. The van der Waals surface area contributed by atoms with Crippen LogP contribution in [0.2, 0.25) is 0 Å². The summed E-state index contributed by atoms with van der Waals surface area (Å²) in [5, 5.41) is 10.6. The van der Waals surface area contributed by atoms with Gasteiger partial charge >= 0.3 is 0 Å². The summed E-state index contributed by atoms with van der Waals surface area (Å²) in [7, 11) is 0. The van der Waals surface area contributed by atoms with Crippen molar-refractivity contribution in [3.63, 3.8) is 0 Å². The zero-order valence-electron chi connectivity index (χ0n) is 21.9. The van der Waals surface area contributed by atoms with Crippen LogP contribution in [-0.4, -0.2) is 85.1 Å². The zero-order chi connectivity index (χ0) is 25.6. The van der Waals surface area contributed by atoms with Gasteiger partial charge in [0, 0.05) is 67.1 Å². The smallest absolute Gasteiger partial charge is 0.116 e. The summed E-state index contributed by atoms with van der Waals surface area (Å²) in [6.07, 6.45) is 1.97. The van der Waals surface area contributed by atoms with E-state index < -0.39 is 0 Å². The van der Waals surface area contributed by atoms with Crippen LogP contribution in [-0.2, 0) is 9.47 Å². The first-order valence-corrected chi connectivity index (χ1v) is 13.2. The molecule has 6 rings (SSSR count). The largest absolute Gasteiger partial charge is 0.370 e. The van der Waals surface area contributed by atoms with E-state index in [1.807, 2.05) is 12.1 Å². The summed E-state index contributed by atoms with van der Waals surface area (Å²) in [5.41, 5.74) is 5.74. The molecule has 1 spiro atoms. The minimum Gasteiger partial charge on any atom is -0.370 e. The third-order valence-corrected chi connectivity index (χ3v) is 7.71. The molecule has 5 heterocycles. The second-order valence-corrected chi connectivity index (χ2v) is 10.8. The number of aryl methyl sites for hydroxylation is 2. The number of hydrogen-bond acceptors (Lipinski definition) is 8. The maximum Gasteiger partial charge on any atom is 0.116 e. The second-order valence-electron chi connectivity index (χ2n) is 10.8. The predicted octanol–water partition coefficient (Wildman–Crippen LogP) is 3.30. The fourth-order valence-corrected chi connectivity index (χ4v) is 6.25. The molecule has 2 aromatic heterocycles. The maximum atomic E-state index is 9.53. The molecule has 0 radical (unpaired) electrons. The van der Waals surface area contributed by atoms with Gasteiger partial charge in [0.05, 0.1) is 43.0 Å². The van der Waals surface area contributed by atoms with Gasteiger partial charge in [-0.3, -0.25) is 14.9 Å². The summed E-state index contributed by atoms with van der Waals surface area (Å²) in [6, 6.07) is 14.6. The minimum absolute atomic E-state index is 0.0999. The molecule has 8 heteroatoms. The Kier molecular flexibility index (Phi) is 6.23. The Bertz CT molecular complexity index is 1330. The second kappa shape index (κ2) is 9.56. The van der Waals surface area contributed by atoms with Crippen molar-refractivity contribution in [2.45, 2.75) is 38.6 Å². The van der Waals surface area contributed by atoms with Crippen LogP contribution in [0.3, 0.4) is 0 Å². The monoisotopic (exact) mass is 498 g/mol. The topological polar surface area (TPSA) is 77.8 Å². The van der Waals surface area contributed by atoms with Crippen molar-refractivity contribution in [2.75, 3.05) is 62.2 Å². The normalized spacial score (nSPS) is 23.7. The molecule has 3 aliphatic heterocycles. The number of benzene rings is 1. The van der Waals surface area contributed by atoms with Gasteiger partial charge in [0.2, 0.25) is 0 Å². The quantitative estimate of drug-likeness (QED) is 0.542. The molecule has 0 saturated carbocycles. The Balaban J connectivity index is 1.13. The van der Waals surface area contributed by atoms with Crippen LogP contribution < -0.4 is 9.80 Å². The van der Waals surface area contributed by atoms with E-state index in [1.165, 1.54) is 5.69 Å². The Labute approximate surface area is 218 Å². The van der Waals surface area contributed by atoms with Gasteiger partial charge in [0.1, 0.15) is 11.7 Å². The standard InChI is InChI=1S/C29H34N6O2/c1-20-11-24(12-21(2)32-20)35-18-29(19-35)17-33(9-10-36-29)15-25-16-34(14-22(3)37-25)27-7-6-23(13-30)28-26(27)5-4-8-31-28/h4-8,11-12,22,25H,9-10,14-19H2,1-3H3/t22-,25+/m1/s1. The predicted molar refractivity (Wildman–Crippen MR) is 144 cm³/mol.